The minimum atomic E-state index is -4.36. The second kappa shape index (κ2) is 16.0. The van der Waals surface area contributed by atoms with Gasteiger partial charge in [-0.05, 0) is 31.0 Å². The van der Waals surface area contributed by atoms with E-state index in [1.807, 2.05) is 0 Å². The maximum Gasteiger partial charge on any atom is 0.837 e. The van der Waals surface area contributed by atoms with Crippen LogP contribution >= 0.6 is 0 Å². The Bertz CT molecular complexity index is 1220. The van der Waals surface area contributed by atoms with E-state index in [2.05, 4.69) is 13.8 Å². The molecule has 41 heavy (non-hydrogen) atoms. The van der Waals surface area contributed by atoms with Gasteiger partial charge in [-0.2, -0.15) is 0 Å². The molecule has 0 radical (unpaired) electrons. The van der Waals surface area contributed by atoms with Crippen LogP contribution in [0.2, 0.25) is 0 Å². The minimum Gasteiger partial charge on any atom is -0.599 e. The zero-order chi connectivity index (χ0) is 28.9. The number of halogens is 2. The van der Waals surface area contributed by atoms with E-state index in [1.54, 1.807) is 36.4 Å². The molecule has 1 aliphatic rings. The van der Waals surface area contributed by atoms with Gasteiger partial charge in [0.2, 0.25) is 11.1 Å². The van der Waals surface area contributed by atoms with Crippen LogP contribution in [0.5, 0.6) is 17.2 Å². The first-order valence-electron chi connectivity index (χ1n) is 16.1. The summed E-state index contributed by atoms with van der Waals surface area (Å²) in [6, 6.07) is 10.1. The molecule has 8 heteroatoms. The van der Waals surface area contributed by atoms with Crippen LogP contribution in [0.15, 0.2) is 40.8 Å². The summed E-state index contributed by atoms with van der Waals surface area (Å²) in [5, 5.41) is 0. The third kappa shape index (κ3) is 8.86. The van der Waals surface area contributed by atoms with Gasteiger partial charge in [0.15, 0.2) is 0 Å². The molecule has 0 N–H and O–H groups in total. The molecule has 4 rings (SSSR count). The van der Waals surface area contributed by atoms with Gasteiger partial charge in [-0.1, -0.05) is 104 Å². The molecule has 5 nitrogen and oxygen atoms in total. The van der Waals surface area contributed by atoms with Crippen molar-refractivity contribution in [3.05, 3.63) is 36.4 Å². The lowest BCUT2D eigenvalue weighted by atomic mass is 9.98. The molecule has 0 saturated carbocycles. The van der Waals surface area contributed by atoms with Crippen LogP contribution in [0.4, 0.5) is 8.63 Å². The van der Waals surface area contributed by atoms with E-state index in [0.29, 0.717) is 35.9 Å². The van der Waals surface area contributed by atoms with Crippen molar-refractivity contribution in [1.29, 1.82) is 0 Å². The molecule has 1 aromatic heterocycles. The fourth-order valence-corrected chi connectivity index (χ4v) is 5.53. The van der Waals surface area contributed by atoms with E-state index < -0.39 is 7.04 Å². The number of ether oxygens (including phenoxy) is 2. The van der Waals surface area contributed by atoms with Crippen LogP contribution in [-0.2, 0) is 0 Å². The first-order valence-corrected chi connectivity index (χ1v) is 16.1. The summed E-state index contributed by atoms with van der Waals surface area (Å²) in [4.78, 5) is 0. The lowest BCUT2D eigenvalue weighted by molar-refractivity contribution is -0.546. The summed E-state index contributed by atoms with van der Waals surface area (Å²) in [5.41, 5.74) is 1.11. The molecule has 3 aromatic rings. The summed E-state index contributed by atoms with van der Waals surface area (Å²) in [6.07, 6.45) is 19.6. The van der Waals surface area contributed by atoms with Crippen LogP contribution < -0.4 is 18.6 Å². The van der Waals surface area contributed by atoms with Gasteiger partial charge >= 0.3 is 12.9 Å². The number of hydrogen-bond donors (Lipinski definition) is 0. The lowest BCUT2D eigenvalue weighted by Crippen LogP contribution is -2.65. The molecule has 2 aromatic carbocycles. The second-order valence-electron chi connectivity index (χ2n) is 11.4. The number of benzene rings is 2. The average Bonchev–Trinajstić information content (AvgIpc) is 3.35. The predicted molar refractivity (Wildman–Crippen MR) is 162 cm³/mol. The topological polar surface area (TPSA) is 44.7 Å². The van der Waals surface area contributed by atoms with E-state index in [4.69, 9.17) is 18.5 Å². The SMILES string of the molecule is CCCCCCCCCCCCOc1ccc2c(c1)oc1[n+]2[B-](F)(F)Oc2cc(OCCCCCCCC)ccc2-1. The molecule has 1 aliphatic heterocycles. The number of unbranched alkanes of at least 4 members (excludes halogenated alkanes) is 14. The number of nitrogens with zero attached hydrogens (tertiary/aromatic N) is 1. The van der Waals surface area contributed by atoms with Crippen LogP contribution in [0.3, 0.4) is 0 Å². The third-order valence-corrected chi connectivity index (χ3v) is 7.90. The van der Waals surface area contributed by atoms with Gasteiger partial charge < -0.3 is 27.2 Å². The Balaban J connectivity index is 1.30. The van der Waals surface area contributed by atoms with Gasteiger partial charge in [-0.15, -0.1) is 0 Å². The summed E-state index contributed by atoms with van der Waals surface area (Å²) in [6.45, 7) is 5.60. The molecule has 0 aliphatic carbocycles. The Morgan fingerprint density at radius 1 is 0.659 bits per heavy atom. The van der Waals surface area contributed by atoms with Crippen molar-refractivity contribution in [2.24, 2.45) is 0 Å². The third-order valence-electron chi connectivity index (χ3n) is 7.90. The fourth-order valence-electron chi connectivity index (χ4n) is 5.53. The summed E-state index contributed by atoms with van der Waals surface area (Å²) in [5.74, 6) is 1.30. The molecule has 0 unspecified atom stereocenters. The van der Waals surface area contributed by atoms with Crippen molar-refractivity contribution in [2.45, 2.75) is 117 Å². The quantitative estimate of drug-likeness (QED) is 0.100. The smallest absolute Gasteiger partial charge is 0.599 e. The summed E-state index contributed by atoms with van der Waals surface area (Å²) < 4.78 is 54.3. The molecule has 2 heterocycles. The van der Waals surface area contributed by atoms with Gasteiger partial charge in [0.05, 0.1) is 19.0 Å². The highest BCUT2D eigenvalue weighted by atomic mass is 19.3. The van der Waals surface area contributed by atoms with Crippen molar-refractivity contribution >= 4 is 18.1 Å². The maximum atomic E-state index is 15.3. The molecular weight excluding hydrogens is 523 g/mol. The molecular formula is C33H48BF2NO4. The van der Waals surface area contributed by atoms with Gasteiger partial charge in [0, 0.05) is 18.2 Å². The van der Waals surface area contributed by atoms with E-state index >= 15 is 8.63 Å². The van der Waals surface area contributed by atoms with E-state index in [-0.39, 0.29) is 17.2 Å². The largest absolute Gasteiger partial charge is 0.837 e. The Kier molecular flexibility index (Phi) is 12.2. The monoisotopic (exact) mass is 571 g/mol. The maximum absolute atomic E-state index is 15.3. The van der Waals surface area contributed by atoms with Crippen molar-refractivity contribution in [2.75, 3.05) is 13.2 Å². The van der Waals surface area contributed by atoms with Crippen LogP contribution in [-0.4, -0.2) is 20.3 Å². The molecule has 0 bridgehead atoms. The molecule has 0 atom stereocenters. The fraction of sp³-hybridized carbons (Fsp3) is 0.606. The Hall–Kier alpha value is -2.77. The first kappa shape index (κ1) is 31.2. The van der Waals surface area contributed by atoms with Crippen LogP contribution in [0.25, 0.3) is 22.6 Å². The zero-order valence-corrected chi connectivity index (χ0v) is 25.1. The normalized spacial score (nSPS) is 13.6. The number of hydrogen-bond acceptors (Lipinski definition) is 4. The number of rotatable bonds is 20. The van der Waals surface area contributed by atoms with Crippen molar-refractivity contribution in [3.8, 4) is 28.7 Å². The molecule has 0 saturated heterocycles. The van der Waals surface area contributed by atoms with Crippen LogP contribution in [0, 0.1) is 0 Å². The molecule has 0 fully saturated rings. The van der Waals surface area contributed by atoms with Crippen molar-refractivity contribution in [3.63, 3.8) is 0 Å². The van der Waals surface area contributed by atoms with E-state index in [1.165, 1.54) is 77.0 Å². The Morgan fingerprint density at radius 3 is 1.76 bits per heavy atom. The van der Waals surface area contributed by atoms with Crippen molar-refractivity contribution < 1.29 is 31.7 Å². The van der Waals surface area contributed by atoms with E-state index in [9.17, 15) is 0 Å². The van der Waals surface area contributed by atoms with E-state index in [0.717, 1.165) is 30.2 Å². The molecule has 226 valence electrons. The molecule has 0 amide bonds. The highest BCUT2D eigenvalue weighted by Crippen LogP contribution is 2.40. The van der Waals surface area contributed by atoms with Crippen LogP contribution in [0.1, 0.15) is 117 Å². The minimum absolute atomic E-state index is 0.0759. The molecule has 0 spiro atoms. The standard InChI is InChI=1S/C33H48BF2NO4/c1-3-5-7-9-11-12-13-14-16-18-24-39-28-20-22-30-32(26-28)40-33-29-21-19-27(38-23-17-15-10-8-6-4-2)25-31(29)41-34(35,36)37(30)33/h19-22,25-26H,3-18,23-24H2,1-2H3. The average molecular weight is 572 g/mol. The second-order valence-corrected chi connectivity index (χ2v) is 11.4. The van der Waals surface area contributed by atoms with Gasteiger partial charge in [-0.25, -0.2) is 0 Å². The number of oxazole rings is 1. The number of fused-ring (bicyclic) bond motifs is 5. The van der Waals surface area contributed by atoms with Gasteiger partial charge in [-0.3, -0.25) is 4.48 Å². The lowest BCUT2D eigenvalue weighted by Gasteiger charge is -2.26. The highest BCUT2D eigenvalue weighted by Gasteiger charge is 2.54. The zero-order valence-electron chi connectivity index (χ0n) is 25.1. The highest BCUT2D eigenvalue weighted by molar-refractivity contribution is 6.51. The Labute approximate surface area is 244 Å². The Morgan fingerprint density at radius 2 is 1.17 bits per heavy atom. The first-order chi connectivity index (χ1) is 20.0. The van der Waals surface area contributed by atoms with Gasteiger partial charge in [0.1, 0.15) is 17.1 Å². The summed E-state index contributed by atoms with van der Waals surface area (Å²) in [7, 11) is -4.36. The van der Waals surface area contributed by atoms with Crippen molar-refractivity contribution in [1.82, 2.24) is 0 Å². The summed E-state index contributed by atoms with van der Waals surface area (Å²) >= 11 is 0. The predicted octanol–water partition coefficient (Wildman–Crippen LogP) is 10.0. The van der Waals surface area contributed by atoms with Gasteiger partial charge in [0.25, 0.3) is 0 Å². The number of aromatic nitrogens is 1.